The molecule has 0 fully saturated rings. The number of nitrogens with one attached hydrogen (secondary N) is 1. The van der Waals surface area contributed by atoms with E-state index in [1.54, 1.807) is 20.2 Å². The maximum absolute atomic E-state index is 12.4. The average molecular weight is 376 g/mol. The summed E-state index contributed by atoms with van der Waals surface area (Å²) >= 11 is 5.42. The van der Waals surface area contributed by atoms with Gasteiger partial charge in [0, 0.05) is 26.2 Å². The highest BCUT2D eigenvalue weighted by atomic mass is 35.5. The Balaban J connectivity index is 3.38. The van der Waals surface area contributed by atoms with Gasteiger partial charge in [0.1, 0.15) is 22.9 Å². The maximum Gasteiger partial charge on any atom is 0.287 e. The van der Waals surface area contributed by atoms with Gasteiger partial charge in [-0.2, -0.15) is 8.42 Å². The van der Waals surface area contributed by atoms with Crippen LogP contribution in [0.1, 0.15) is 30.9 Å². The molecule has 0 atom stereocenters. The first-order valence-corrected chi connectivity index (χ1v) is 9.21. The van der Waals surface area contributed by atoms with Crippen LogP contribution in [0.2, 0.25) is 0 Å². The molecule has 0 saturated carbocycles. The van der Waals surface area contributed by atoms with Crippen molar-refractivity contribution in [1.82, 2.24) is 10.2 Å². The van der Waals surface area contributed by atoms with Crippen molar-refractivity contribution in [3.8, 4) is 5.75 Å². The van der Waals surface area contributed by atoms with Gasteiger partial charge in [0.2, 0.25) is 5.91 Å². The van der Waals surface area contributed by atoms with Crippen LogP contribution in [0.3, 0.4) is 0 Å². The molecule has 0 radical (unpaired) electrons. The third-order valence-electron chi connectivity index (χ3n) is 3.14. The van der Waals surface area contributed by atoms with E-state index in [0.717, 1.165) is 6.34 Å². The second kappa shape index (κ2) is 8.34. The number of amides is 1. The highest BCUT2D eigenvalue weighted by Crippen LogP contribution is 2.32. The lowest BCUT2D eigenvalue weighted by Crippen LogP contribution is -2.24. The predicted octanol–water partition coefficient (Wildman–Crippen LogP) is 1.65. The van der Waals surface area contributed by atoms with Crippen molar-refractivity contribution in [2.45, 2.75) is 31.2 Å². The minimum Gasteiger partial charge on any atom is -0.506 e. The Bertz CT molecular complexity index is 730. The van der Waals surface area contributed by atoms with E-state index in [1.165, 1.54) is 11.0 Å². The van der Waals surface area contributed by atoms with Crippen molar-refractivity contribution in [3.63, 3.8) is 0 Å². The van der Waals surface area contributed by atoms with Gasteiger partial charge in [-0.15, -0.1) is 16.0 Å². The number of hydrogen-bond donors (Lipinski definition) is 2. The molecule has 0 aliphatic rings. The number of hydrogen-bond acceptors (Lipinski definition) is 4. The molecule has 0 aliphatic carbocycles. The topological polar surface area (TPSA) is 99.1 Å². The lowest BCUT2D eigenvalue weighted by molar-refractivity contribution is -0.118. The van der Waals surface area contributed by atoms with E-state index >= 15 is 0 Å². The van der Waals surface area contributed by atoms with Crippen molar-refractivity contribution < 1.29 is 18.3 Å². The smallest absolute Gasteiger partial charge is 0.287 e. The number of halogens is 1. The van der Waals surface area contributed by atoms with Crippen molar-refractivity contribution in [2.75, 3.05) is 20.0 Å². The second-order valence-corrected chi connectivity index (χ2v) is 7.62. The fraction of sp³-hybridized carbons (Fsp3) is 0.467. The monoisotopic (exact) mass is 375 g/mol. The van der Waals surface area contributed by atoms with E-state index in [4.69, 9.17) is 11.6 Å². The molecule has 7 nitrogen and oxygen atoms in total. The van der Waals surface area contributed by atoms with Gasteiger partial charge in [0.05, 0.1) is 0 Å². The molecule has 1 rings (SSSR count). The predicted molar refractivity (Wildman–Crippen MR) is 94.1 cm³/mol. The van der Waals surface area contributed by atoms with Gasteiger partial charge in [-0.1, -0.05) is 13.8 Å². The zero-order valence-corrected chi connectivity index (χ0v) is 15.6. The van der Waals surface area contributed by atoms with Crippen LogP contribution in [-0.4, -0.2) is 50.6 Å². The Morgan fingerprint density at radius 3 is 2.54 bits per heavy atom. The van der Waals surface area contributed by atoms with Crippen LogP contribution in [-0.2, 0) is 21.4 Å². The van der Waals surface area contributed by atoms with Crippen LogP contribution >= 0.6 is 11.6 Å². The van der Waals surface area contributed by atoms with Gasteiger partial charge in [-0.25, -0.2) is 0 Å². The summed E-state index contributed by atoms with van der Waals surface area (Å²) in [5, 5.41) is 12.8. The van der Waals surface area contributed by atoms with Crippen LogP contribution < -0.4 is 5.32 Å². The summed E-state index contributed by atoms with van der Waals surface area (Å²) < 4.78 is 28.3. The molecule has 0 bridgehead atoms. The van der Waals surface area contributed by atoms with Gasteiger partial charge in [0.25, 0.3) is 10.0 Å². The Morgan fingerprint density at radius 1 is 1.42 bits per heavy atom. The number of aromatic hydroxyl groups is 1. The van der Waals surface area contributed by atoms with Gasteiger partial charge < -0.3 is 15.3 Å². The number of phenols is 1. The third kappa shape index (κ3) is 5.38. The van der Waals surface area contributed by atoms with Crippen LogP contribution in [0.15, 0.2) is 21.4 Å². The number of sulfonamides is 1. The average Bonchev–Trinajstić information content (AvgIpc) is 2.51. The number of carbonyl (C=O) groups is 1. The summed E-state index contributed by atoms with van der Waals surface area (Å²) in [4.78, 5) is 12.5. The molecule has 0 heterocycles. The molecule has 9 heteroatoms. The normalized spacial score (nSPS) is 11.9. The number of rotatable bonds is 7. The number of carbonyl (C=O) groups excluding carboxylic acids is 1. The van der Waals surface area contributed by atoms with Crippen molar-refractivity contribution in [1.29, 1.82) is 0 Å². The highest BCUT2D eigenvalue weighted by Gasteiger charge is 2.22. The molecule has 2 N–H and O–H groups in total. The molecule has 0 aromatic heterocycles. The van der Waals surface area contributed by atoms with Crippen molar-refractivity contribution >= 4 is 33.9 Å². The van der Waals surface area contributed by atoms with Crippen LogP contribution in [0.4, 0.5) is 0 Å². The number of phenolic OH excluding ortho intramolecular Hbond substituents is 1. The van der Waals surface area contributed by atoms with Gasteiger partial charge in [0.15, 0.2) is 0 Å². The Labute approximate surface area is 147 Å². The molecule has 0 unspecified atom stereocenters. The minimum absolute atomic E-state index is 0.0276. The number of nitrogens with zero attached hydrogens (tertiary/aromatic N) is 2. The fourth-order valence-corrected chi connectivity index (χ4v) is 2.99. The van der Waals surface area contributed by atoms with E-state index in [9.17, 15) is 18.3 Å². The van der Waals surface area contributed by atoms with E-state index in [-0.39, 0.29) is 23.2 Å². The van der Waals surface area contributed by atoms with E-state index in [1.807, 2.05) is 13.8 Å². The first-order valence-electron chi connectivity index (χ1n) is 7.23. The summed E-state index contributed by atoms with van der Waals surface area (Å²) in [5.74, 6) is -1.03. The fourth-order valence-electron chi connectivity index (χ4n) is 1.81. The van der Waals surface area contributed by atoms with Crippen LogP contribution in [0, 0.1) is 0 Å². The molecule has 1 aromatic rings. The summed E-state index contributed by atoms with van der Waals surface area (Å²) in [6.45, 7) is 3.76. The first kappa shape index (κ1) is 20.2. The lowest BCUT2D eigenvalue weighted by Gasteiger charge is -2.14. The second-order valence-electron chi connectivity index (χ2n) is 5.75. The zero-order chi connectivity index (χ0) is 18.5. The van der Waals surface area contributed by atoms with Crippen LogP contribution in [0.25, 0.3) is 0 Å². The van der Waals surface area contributed by atoms with E-state index < -0.39 is 21.7 Å². The van der Waals surface area contributed by atoms with Crippen molar-refractivity contribution in [2.24, 2.45) is 4.40 Å². The summed E-state index contributed by atoms with van der Waals surface area (Å²) in [7, 11) is -0.799. The van der Waals surface area contributed by atoms with Crippen molar-refractivity contribution in [3.05, 3.63) is 23.3 Å². The molecule has 134 valence electrons. The molecular weight excluding hydrogens is 354 g/mol. The molecular formula is C15H22ClN3O4S. The molecule has 1 amide bonds. The zero-order valence-electron chi connectivity index (χ0n) is 14.1. The van der Waals surface area contributed by atoms with Gasteiger partial charge >= 0.3 is 0 Å². The minimum atomic E-state index is -4.07. The summed E-state index contributed by atoms with van der Waals surface area (Å²) in [6.07, 6.45) is 1.14. The lowest BCUT2D eigenvalue weighted by atomic mass is 10.00. The largest absolute Gasteiger partial charge is 0.506 e. The van der Waals surface area contributed by atoms with Gasteiger partial charge in [-0.3, -0.25) is 4.79 Å². The third-order valence-corrected chi connectivity index (χ3v) is 4.62. The number of alkyl halides is 1. The quantitative estimate of drug-likeness (QED) is 0.429. The molecule has 24 heavy (non-hydrogen) atoms. The van der Waals surface area contributed by atoms with Crippen LogP contribution in [0.5, 0.6) is 5.75 Å². The Morgan fingerprint density at radius 2 is 2.04 bits per heavy atom. The maximum atomic E-state index is 12.4. The van der Waals surface area contributed by atoms with E-state index in [2.05, 4.69) is 9.71 Å². The number of benzene rings is 1. The first-order chi connectivity index (χ1) is 11.1. The van der Waals surface area contributed by atoms with Gasteiger partial charge in [-0.05, 0) is 23.6 Å². The summed E-state index contributed by atoms with van der Waals surface area (Å²) in [5.41, 5.74) is 1.000. The standard InChI is InChI=1S/C15H22ClN3O4S/c1-10(2)11-5-12(8-17-14(20)7-16)15(21)13(6-11)24(22,23)18-9-19(3)4/h5-6,9-10,21H,7-8H2,1-4H3,(H,17,20). The summed E-state index contributed by atoms with van der Waals surface area (Å²) in [6, 6.07) is 3.05. The molecule has 0 spiro atoms. The highest BCUT2D eigenvalue weighted by molar-refractivity contribution is 7.90. The molecule has 0 aliphatic heterocycles. The Kier molecular flexibility index (Phi) is 7.04. The Hall–Kier alpha value is -1.80. The molecule has 1 aromatic carbocycles. The van der Waals surface area contributed by atoms with E-state index in [0.29, 0.717) is 11.1 Å². The molecule has 0 saturated heterocycles. The SMILES string of the molecule is CC(C)c1cc(CNC(=O)CCl)c(O)c(S(=O)(=O)N=CN(C)C)c1.